The molecule has 0 unspecified atom stereocenters. The predicted molar refractivity (Wildman–Crippen MR) is 166 cm³/mol. The molecule has 0 aliphatic carbocycles. The van der Waals surface area contributed by atoms with Crippen LogP contribution in [0.5, 0.6) is 11.5 Å². The number of ether oxygens (including phenoxy) is 2. The fourth-order valence-corrected chi connectivity index (χ4v) is 5.77. The van der Waals surface area contributed by atoms with E-state index in [-0.39, 0.29) is 5.91 Å². The van der Waals surface area contributed by atoms with Crippen LogP contribution in [0.15, 0.2) is 53.6 Å². The van der Waals surface area contributed by atoms with Gasteiger partial charge in [0.25, 0.3) is 5.91 Å². The van der Waals surface area contributed by atoms with Crippen molar-refractivity contribution in [2.75, 3.05) is 24.9 Å². The number of anilines is 1. The van der Waals surface area contributed by atoms with Gasteiger partial charge in [0.05, 0.1) is 25.2 Å². The Hall–Kier alpha value is -2.60. The summed E-state index contributed by atoms with van der Waals surface area (Å²) in [6.07, 6.45) is 15.7. The second-order valence-electron chi connectivity index (χ2n) is 10.5. The molecular weight excluding hydrogens is 504 g/mol. The number of allylic oxidation sites excluding steroid dienone is 1. The predicted octanol–water partition coefficient (Wildman–Crippen LogP) is 9.40. The van der Waals surface area contributed by atoms with E-state index in [1.54, 1.807) is 24.9 Å². The highest BCUT2D eigenvalue weighted by Gasteiger charge is 2.18. The molecule has 0 atom stereocenters. The number of para-hydroxylation sites is 1. The lowest BCUT2D eigenvalue weighted by molar-refractivity contribution is 0.102. The van der Waals surface area contributed by atoms with Crippen LogP contribution in [0.4, 0.5) is 5.69 Å². The molecule has 6 heteroatoms. The number of nitrogens with zero attached hydrogens (tertiary/aromatic N) is 1. The lowest BCUT2D eigenvalue weighted by Crippen LogP contribution is -2.20. The van der Waals surface area contributed by atoms with Crippen molar-refractivity contribution < 1.29 is 14.3 Å². The minimum atomic E-state index is -0.169. The van der Waals surface area contributed by atoms with E-state index in [1.165, 1.54) is 69.9 Å². The summed E-state index contributed by atoms with van der Waals surface area (Å²) < 4.78 is 11.5. The van der Waals surface area contributed by atoms with Crippen molar-refractivity contribution in [3.8, 4) is 11.5 Å². The smallest absolute Gasteiger partial charge is 0.259 e. The van der Waals surface area contributed by atoms with Gasteiger partial charge in [-0.15, -0.1) is 11.8 Å². The number of amides is 1. The average Bonchev–Trinajstić information content (AvgIpc) is 3.36. The molecule has 1 aliphatic rings. The quantitative estimate of drug-likeness (QED) is 0.176. The van der Waals surface area contributed by atoms with Crippen LogP contribution < -0.4 is 14.8 Å². The van der Waals surface area contributed by atoms with Gasteiger partial charge in [-0.25, -0.2) is 0 Å². The van der Waals surface area contributed by atoms with Crippen molar-refractivity contribution in [2.45, 2.75) is 97.4 Å². The van der Waals surface area contributed by atoms with Gasteiger partial charge in [-0.05, 0) is 42.5 Å². The van der Waals surface area contributed by atoms with E-state index in [4.69, 9.17) is 9.47 Å². The van der Waals surface area contributed by atoms with Gasteiger partial charge in [-0.3, -0.25) is 4.79 Å². The van der Waals surface area contributed by atoms with Crippen LogP contribution in [0.1, 0.15) is 107 Å². The highest BCUT2D eigenvalue weighted by molar-refractivity contribution is 8.02. The van der Waals surface area contributed by atoms with E-state index in [0.717, 1.165) is 36.5 Å². The summed E-state index contributed by atoms with van der Waals surface area (Å²) >= 11 is 1.80. The molecule has 2 aromatic rings. The van der Waals surface area contributed by atoms with Gasteiger partial charge in [0.1, 0.15) is 11.5 Å². The number of hydrogen-bond acceptors (Lipinski definition) is 5. The maximum absolute atomic E-state index is 13.4. The number of hydrogen-bond donors (Lipinski definition) is 1. The number of nitrogens with one attached hydrogen (secondary N) is 1. The Morgan fingerprint density at radius 2 is 1.59 bits per heavy atom. The molecule has 0 bridgehead atoms. The largest absolute Gasteiger partial charge is 0.497 e. The Morgan fingerprint density at radius 3 is 2.23 bits per heavy atom. The van der Waals surface area contributed by atoms with Crippen LogP contribution in [0.25, 0.3) is 0 Å². The molecular formula is C33H48N2O3S. The Balaban J connectivity index is 1.45. The lowest BCUT2D eigenvalue weighted by Gasteiger charge is -2.21. The van der Waals surface area contributed by atoms with Crippen LogP contribution in [0.2, 0.25) is 0 Å². The zero-order valence-corrected chi connectivity index (χ0v) is 25.1. The molecule has 5 nitrogen and oxygen atoms in total. The second kappa shape index (κ2) is 17.9. The molecule has 3 rings (SSSR count). The second-order valence-corrected chi connectivity index (χ2v) is 11.3. The first-order chi connectivity index (χ1) is 19.1. The molecule has 0 aromatic heterocycles. The summed E-state index contributed by atoms with van der Waals surface area (Å²) in [4.78, 5) is 15.7. The van der Waals surface area contributed by atoms with Gasteiger partial charge >= 0.3 is 0 Å². The molecule has 0 radical (unpaired) electrons. The number of benzene rings is 2. The minimum Gasteiger partial charge on any atom is -0.497 e. The van der Waals surface area contributed by atoms with Gasteiger partial charge in [0.15, 0.2) is 0 Å². The van der Waals surface area contributed by atoms with Gasteiger partial charge in [-0.1, -0.05) is 95.8 Å². The number of rotatable bonds is 19. The van der Waals surface area contributed by atoms with E-state index >= 15 is 0 Å². The van der Waals surface area contributed by atoms with Crippen molar-refractivity contribution in [2.24, 2.45) is 0 Å². The van der Waals surface area contributed by atoms with Crippen molar-refractivity contribution >= 4 is 23.4 Å². The third-order valence-electron chi connectivity index (χ3n) is 7.30. The van der Waals surface area contributed by atoms with Crippen LogP contribution >= 0.6 is 11.8 Å². The van der Waals surface area contributed by atoms with Crippen LogP contribution in [-0.2, 0) is 6.54 Å². The first-order valence-electron chi connectivity index (χ1n) is 14.9. The maximum atomic E-state index is 13.4. The standard InChI is InChI=1S/C33H48N2O3S/c1-4-5-6-7-8-9-10-11-12-13-14-17-22-38-32-23-29(37-3)20-21-30(32)33(36)34-31-19-16-15-18-28(31)24-35-26-39-25-27(35)2/h15-16,18-21,23,25H,4-14,17,22,24,26H2,1-3H3,(H,34,36). The summed E-state index contributed by atoms with van der Waals surface area (Å²) in [6.45, 7) is 5.75. The molecule has 214 valence electrons. The number of methoxy groups -OCH3 is 1. The molecule has 1 heterocycles. The van der Waals surface area contributed by atoms with Crippen LogP contribution in [-0.4, -0.2) is 30.4 Å². The normalized spacial score (nSPS) is 12.9. The average molecular weight is 553 g/mol. The molecule has 39 heavy (non-hydrogen) atoms. The number of thioether (sulfide) groups is 1. The van der Waals surface area contributed by atoms with Crippen molar-refractivity contribution in [1.29, 1.82) is 0 Å². The van der Waals surface area contributed by atoms with Crippen molar-refractivity contribution in [1.82, 2.24) is 4.90 Å². The van der Waals surface area contributed by atoms with E-state index < -0.39 is 0 Å². The van der Waals surface area contributed by atoms with Crippen LogP contribution in [0.3, 0.4) is 0 Å². The van der Waals surface area contributed by atoms with Gasteiger partial charge in [0.2, 0.25) is 0 Å². The lowest BCUT2D eigenvalue weighted by atomic mass is 10.1. The summed E-state index contributed by atoms with van der Waals surface area (Å²) in [7, 11) is 1.63. The molecule has 0 spiro atoms. The highest BCUT2D eigenvalue weighted by Crippen LogP contribution is 2.29. The Kier molecular flexibility index (Phi) is 14.2. The first kappa shape index (κ1) is 30.9. The Labute approximate surface area is 240 Å². The van der Waals surface area contributed by atoms with Crippen LogP contribution in [0, 0.1) is 0 Å². The SMILES string of the molecule is CCCCCCCCCCCCCCOc1cc(OC)ccc1C(=O)Nc1ccccc1CN1CSC=C1C. The fourth-order valence-electron chi connectivity index (χ4n) is 4.83. The molecule has 1 N–H and O–H groups in total. The fraction of sp³-hybridized carbons (Fsp3) is 0.545. The van der Waals surface area contributed by atoms with Crippen molar-refractivity contribution in [3.63, 3.8) is 0 Å². The van der Waals surface area contributed by atoms with E-state index in [2.05, 4.69) is 35.5 Å². The van der Waals surface area contributed by atoms with Gasteiger partial charge in [0, 0.05) is 24.0 Å². The maximum Gasteiger partial charge on any atom is 0.259 e. The van der Waals surface area contributed by atoms with Gasteiger partial charge < -0.3 is 19.7 Å². The summed E-state index contributed by atoms with van der Waals surface area (Å²) in [5, 5.41) is 5.31. The van der Waals surface area contributed by atoms with Gasteiger partial charge in [-0.2, -0.15) is 0 Å². The molecule has 0 saturated carbocycles. The zero-order chi connectivity index (χ0) is 27.7. The van der Waals surface area contributed by atoms with E-state index in [1.807, 2.05) is 30.3 Å². The molecule has 0 saturated heterocycles. The number of carbonyl (C=O) groups is 1. The Bertz CT molecular complexity index is 1040. The van der Waals surface area contributed by atoms with E-state index in [0.29, 0.717) is 23.7 Å². The van der Waals surface area contributed by atoms with E-state index in [9.17, 15) is 4.79 Å². The summed E-state index contributed by atoms with van der Waals surface area (Å²) in [6, 6.07) is 13.4. The van der Waals surface area contributed by atoms with Crippen molar-refractivity contribution in [3.05, 3.63) is 64.7 Å². The Morgan fingerprint density at radius 1 is 0.923 bits per heavy atom. The first-order valence-corrected chi connectivity index (χ1v) is 15.9. The minimum absolute atomic E-state index is 0.169. The summed E-state index contributed by atoms with van der Waals surface area (Å²) in [5.41, 5.74) is 3.70. The molecule has 1 aliphatic heterocycles. The number of carbonyl (C=O) groups excluding carboxylic acids is 1. The zero-order valence-electron chi connectivity index (χ0n) is 24.3. The molecule has 2 aromatic carbocycles. The molecule has 0 fully saturated rings. The summed E-state index contributed by atoms with van der Waals surface area (Å²) in [5.74, 6) is 2.02. The molecule has 1 amide bonds. The number of unbranched alkanes of at least 4 members (excludes halogenated alkanes) is 11. The third kappa shape index (κ3) is 10.8. The topological polar surface area (TPSA) is 50.8 Å². The third-order valence-corrected chi connectivity index (χ3v) is 8.27. The highest BCUT2D eigenvalue weighted by atomic mass is 32.2. The monoisotopic (exact) mass is 552 g/mol.